The maximum atomic E-state index is 12.9. The lowest BCUT2D eigenvalue weighted by Gasteiger charge is -2.15. The molecule has 3 heterocycles. The molecule has 0 radical (unpaired) electrons. The van der Waals surface area contributed by atoms with Crippen molar-refractivity contribution in [2.45, 2.75) is 19.4 Å². The molecule has 0 aliphatic carbocycles. The number of nitrogen functional groups attached to an aromatic ring is 1. The van der Waals surface area contributed by atoms with Crippen molar-refractivity contribution < 1.29 is 14.4 Å². The summed E-state index contributed by atoms with van der Waals surface area (Å²) in [6, 6.07) is 4.71. The number of nitrogens with two attached hydrogens (primary N) is 2. The number of carbonyl (C=O) groups excluding carboxylic acids is 3. The predicted octanol–water partition coefficient (Wildman–Crippen LogP) is 1.63. The fourth-order valence-corrected chi connectivity index (χ4v) is 3.70. The predicted molar refractivity (Wildman–Crippen MR) is 153 cm³/mol. The summed E-state index contributed by atoms with van der Waals surface area (Å²) in [4.78, 5) is 38.1. The Kier molecular flexibility index (Phi) is 11.8. The van der Waals surface area contributed by atoms with Gasteiger partial charge in [0.2, 0.25) is 0 Å². The topological polar surface area (TPSA) is 179 Å². The molecule has 0 bridgehead atoms. The standard InChI is InChI=1S/C23H32N10O3.2ClH/c1-5-15(27-13-28-25)9-26-21(34)19-7-16(11-32(19)3)30-23(36)20-8-17(12-33(20)4)29-22(35)18-6-14(24)10-31(18)2;;/h6-8,10-13,15H,5,9,24-25H2,1-4H3,(H,26,34)(H,27,28)(H,29,35)(H,30,36);2*1H. The van der Waals surface area contributed by atoms with Crippen molar-refractivity contribution in [3.63, 3.8) is 0 Å². The summed E-state index contributed by atoms with van der Waals surface area (Å²) < 4.78 is 4.85. The summed E-state index contributed by atoms with van der Waals surface area (Å²) in [7, 11) is 5.13. The summed E-state index contributed by atoms with van der Waals surface area (Å²) in [5.41, 5.74) is 8.24. The van der Waals surface area contributed by atoms with Crippen molar-refractivity contribution in [1.29, 1.82) is 0 Å². The summed E-state index contributed by atoms with van der Waals surface area (Å²) in [5.74, 6) is 4.08. The molecule has 0 saturated carbocycles. The lowest BCUT2D eigenvalue weighted by molar-refractivity contribution is 0.0940. The number of hydrogen-bond acceptors (Lipinski definition) is 6. The number of anilines is 3. The van der Waals surface area contributed by atoms with Crippen LogP contribution in [-0.2, 0) is 21.1 Å². The van der Waals surface area contributed by atoms with Crippen LogP contribution in [-0.4, -0.2) is 50.3 Å². The highest BCUT2D eigenvalue weighted by atomic mass is 35.5. The molecule has 0 spiro atoms. The molecule has 208 valence electrons. The van der Waals surface area contributed by atoms with Gasteiger partial charge < -0.3 is 46.5 Å². The van der Waals surface area contributed by atoms with Gasteiger partial charge in [0, 0.05) is 52.3 Å². The molecule has 13 nitrogen and oxygen atoms in total. The molecule has 15 heteroatoms. The number of amides is 3. The van der Waals surface area contributed by atoms with Crippen molar-refractivity contribution in [1.82, 2.24) is 24.3 Å². The molecule has 3 aromatic rings. The molecule has 0 saturated heterocycles. The van der Waals surface area contributed by atoms with Gasteiger partial charge in [0.05, 0.1) is 17.1 Å². The van der Waals surface area contributed by atoms with E-state index >= 15 is 0 Å². The van der Waals surface area contributed by atoms with Crippen LogP contribution in [0.2, 0.25) is 0 Å². The number of nitrogens with zero attached hydrogens (tertiary/aromatic N) is 4. The molecule has 3 rings (SSSR count). The molecular weight excluding hydrogens is 535 g/mol. The highest BCUT2D eigenvalue weighted by Crippen LogP contribution is 2.19. The lowest BCUT2D eigenvalue weighted by atomic mass is 10.2. The van der Waals surface area contributed by atoms with Crippen LogP contribution in [0, 0.1) is 0 Å². The number of aryl methyl sites for hydroxylation is 3. The van der Waals surface area contributed by atoms with Gasteiger partial charge in [-0.25, -0.2) is 0 Å². The molecule has 8 N–H and O–H groups in total. The minimum Gasteiger partial charge on any atom is -0.397 e. The van der Waals surface area contributed by atoms with Crippen molar-refractivity contribution in [3.05, 3.63) is 53.9 Å². The third kappa shape index (κ3) is 7.70. The number of carbonyl (C=O) groups is 3. The molecule has 1 unspecified atom stereocenters. The largest absolute Gasteiger partial charge is 0.397 e. The van der Waals surface area contributed by atoms with Gasteiger partial charge >= 0.3 is 0 Å². The van der Waals surface area contributed by atoms with Gasteiger partial charge in [-0.2, -0.15) is 5.10 Å². The van der Waals surface area contributed by atoms with E-state index in [9.17, 15) is 14.4 Å². The smallest absolute Gasteiger partial charge is 0.272 e. The Morgan fingerprint density at radius 1 is 0.868 bits per heavy atom. The normalized spacial score (nSPS) is 11.3. The van der Waals surface area contributed by atoms with Crippen LogP contribution >= 0.6 is 24.8 Å². The molecule has 0 aliphatic heterocycles. The molecule has 0 aromatic carbocycles. The highest BCUT2D eigenvalue weighted by molar-refractivity contribution is 6.07. The first-order chi connectivity index (χ1) is 17.1. The van der Waals surface area contributed by atoms with Crippen LogP contribution in [0.1, 0.15) is 44.8 Å². The molecule has 38 heavy (non-hydrogen) atoms. The first-order valence-corrected chi connectivity index (χ1v) is 11.3. The van der Waals surface area contributed by atoms with Crippen LogP contribution in [0.5, 0.6) is 0 Å². The first kappa shape index (κ1) is 31.9. The average Bonchev–Trinajstić information content (AvgIpc) is 3.49. The number of hydrogen-bond donors (Lipinski definition) is 6. The lowest BCUT2D eigenvalue weighted by Crippen LogP contribution is -2.40. The first-order valence-electron chi connectivity index (χ1n) is 11.3. The van der Waals surface area contributed by atoms with Crippen LogP contribution in [0.4, 0.5) is 17.1 Å². The Balaban J connectivity index is 0.00000361. The van der Waals surface area contributed by atoms with E-state index in [1.165, 1.54) is 6.34 Å². The van der Waals surface area contributed by atoms with Gasteiger partial charge in [-0.05, 0) is 24.6 Å². The third-order valence-electron chi connectivity index (χ3n) is 5.64. The molecular formula is C23H34Cl2N10O3. The van der Waals surface area contributed by atoms with Crippen molar-refractivity contribution in [3.8, 4) is 0 Å². The van der Waals surface area contributed by atoms with Crippen molar-refractivity contribution in [2.24, 2.45) is 32.1 Å². The van der Waals surface area contributed by atoms with Gasteiger partial charge in [0.1, 0.15) is 23.4 Å². The third-order valence-corrected chi connectivity index (χ3v) is 5.64. The summed E-state index contributed by atoms with van der Waals surface area (Å²) in [5, 5.41) is 14.8. The maximum absolute atomic E-state index is 12.9. The van der Waals surface area contributed by atoms with E-state index in [2.05, 4.69) is 26.4 Å². The average molecular weight is 569 g/mol. The van der Waals surface area contributed by atoms with Gasteiger partial charge in [-0.1, -0.05) is 6.92 Å². The summed E-state index contributed by atoms with van der Waals surface area (Å²) in [6.45, 7) is 2.35. The zero-order valence-corrected chi connectivity index (χ0v) is 23.2. The van der Waals surface area contributed by atoms with E-state index in [0.29, 0.717) is 40.7 Å². The highest BCUT2D eigenvalue weighted by Gasteiger charge is 2.18. The summed E-state index contributed by atoms with van der Waals surface area (Å²) in [6.07, 6.45) is 7.07. The molecule has 0 fully saturated rings. The maximum Gasteiger partial charge on any atom is 0.272 e. The van der Waals surface area contributed by atoms with Crippen LogP contribution < -0.4 is 32.8 Å². The Labute approximate surface area is 232 Å². The minimum atomic E-state index is -0.394. The zero-order chi connectivity index (χ0) is 26.4. The Morgan fingerprint density at radius 2 is 1.34 bits per heavy atom. The number of halogens is 2. The Bertz CT molecular complexity index is 1290. The Morgan fingerprint density at radius 3 is 1.79 bits per heavy atom. The van der Waals surface area contributed by atoms with E-state index in [1.54, 1.807) is 71.6 Å². The second kappa shape index (κ2) is 14.0. The second-order valence-corrected chi connectivity index (χ2v) is 8.39. The molecule has 1 atom stereocenters. The fraction of sp³-hybridized carbons (Fsp3) is 0.304. The monoisotopic (exact) mass is 568 g/mol. The van der Waals surface area contributed by atoms with Crippen molar-refractivity contribution >= 4 is 65.9 Å². The van der Waals surface area contributed by atoms with E-state index in [4.69, 9.17) is 11.6 Å². The second-order valence-electron chi connectivity index (χ2n) is 8.39. The van der Waals surface area contributed by atoms with Gasteiger partial charge in [0.15, 0.2) is 0 Å². The van der Waals surface area contributed by atoms with Crippen LogP contribution in [0.25, 0.3) is 0 Å². The summed E-state index contributed by atoms with van der Waals surface area (Å²) >= 11 is 0. The minimum absolute atomic E-state index is 0. The van der Waals surface area contributed by atoms with Gasteiger partial charge in [0.25, 0.3) is 17.7 Å². The quantitative estimate of drug-likeness (QED) is 0.0935. The number of nitrogens with one attached hydrogen (secondary N) is 4. The van der Waals surface area contributed by atoms with E-state index < -0.39 is 5.91 Å². The van der Waals surface area contributed by atoms with Crippen LogP contribution in [0.15, 0.2) is 41.9 Å². The number of hydrazone groups is 1. The van der Waals surface area contributed by atoms with E-state index in [-0.39, 0.29) is 42.7 Å². The van der Waals surface area contributed by atoms with Crippen molar-refractivity contribution in [2.75, 3.05) is 22.9 Å². The van der Waals surface area contributed by atoms with E-state index in [0.717, 1.165) is 6.42 Å². The SMILES string of the molecule is CCC(CNC(=O)c1cc(NC(=O)c2cc(NC(=O)c3cc(N)cn3C)cn2C)cn1C)NC=NN.Cl.Cl. The van der Waals surface area contributed by atoms with Gasteiger partial charge in [-0.3, -0.25) is 14.4 Å². The number of aromatic nitrogens is 3. The Hall–Kier alpha value is -4.10. The number of rotatable bonds is 10. The van der Waals surface area contributed by atoms with Gasteiger partial charge in [-0.15, -0.1) is 24.8 Å². The molecule has 3 amide bonds. The van der Waals surface area contributed by atoms with E-state index in [1.807, 2.05) is 6.92 Å². The van der Waals surface area contributed by atoms with Crippen LogP contribution in [0.3, 0.4) is 0 Å². The molecule has 3 aromatic heterocycles. The molecule has 0 aliphatic rings. The zero-order valence-electron chi connectivity index (χ0n) is 21.5. The fourth-order valence-electron chi connectivity index (χ4n) is 3.70.